The second-order valence-electron chi connectivity index (χ2n) is 3.99. The van der Waals surface area contributed by atoms with Gasteiger partial charge in [0.15, 0.2) is 0 Å². The van der Waals surface area contributed by atoms with E-state index in [-0.39, 0.29) is 0 Å². The third-order valence-corrected chi connectivity index (χ3v) is 3.82. The van der Waals surface area contributed by atoms with Crippen LogP contribution in [0, 0.1) is 11.3 Å². The Morgan fingerprint density at radius 3 is 2.70 bits per heavy atom. The number of hydrogen-bond donors (Lipinski definition) is 1. The van der Waals surface area contributed by atoms with Gasteiger partial charge in [-0.25, -0.2) is 0 Å². The molecule has 0 amide bonds. The van der Waals surface area contributed by atoms with Crippen molar-refractivity contribution < 1.29 is 0 Å². The zero-order valence-corrected chi connectivity index (χ0v) is 12.2. The highest BCUT2D eigenvalue weighted by atomic mass is 35.5. The molecule has 1 aliphatic rings. The fraction of sp³-hybridized carbons (Fsp3) is 0. The lowest BCUT2D eigenvalue weighted by Gasteiger charge is -2.12. The summed E-state index contributed by atoms with van der Waals surface area (Å²) < 4.78 is 8.36. The average molecular weight is 321 g/mol. The van der Waals surface area contributed by atoms with E-state index in [4.69, 9.17) is 28.5 Å². The van der Waals surface area contributed by atoms with Crippen LogP contribution < -0.4 is 5.32 Å². The van der Waals surface area contributed by atoms with E-state index in [0.29, 0.717) is 32.7 Å². The van der Waals surface area contributed by atoms with Gasteiger partial charge in [0.25, 0.3) is 0 Å². The summed E-state index contributed by atoms with van der Waals surface area (Å²) in [4.78, 5) is 0. The van der Waals surface area contributed by atoms with Gasteiger partial charge in [0.05, 0.1) is 38.7 Å². The summed E-state index contributed by atoms with van der Waals surface area (Å²) in [5.41, 5.74) is 3.18. The van der Waals surface area contributed by atoms with Gasteiger partial charge in [0, 0.05) is 5.69 Å². The zero-order chi connectivity index (χ0) is 14.1. The summed E-state index contributed by atoms with van der Waals surface area (Å²) in [5.74, 6) is 0. The summed E-state index contributed by atoms with van der Waals surface area (Å²) in [7, 11) is 0. The third-order valence-electron chi connectivity index (χ3n) is 2.70. The Labute approximate surface area is 128 Å². The normalized spacial score (nSPS) is 11.7. The van der Waals surface area contributed by atoms with Crippen molar-refractivity contribution in [1.29, 1.82) is 5.26 Å². The predicted octanol–water partition coefficient (Wildman–Crippen LogP) is 5.34. The molecule has 1 N–H and O–H groups in total. The summed E-state index contributed by atoms with van der Waals surface area (Å²) in [6, 6.07) is 10.8. The van der Waals surface area contributed by atoms with E-state index < -0.39 is 0 Å². The van der Waals surface area contributed by atoms with E-state index in [1.54, 1.807) is 24.3 Å². The summed E-state index contributed by atoms with van der Waals surface area (Å²) >= 11 is 13.4. The van der Waals surface area contributed by atoms with E-state index >= 15 is 0 Å². The van der Waals surface area contributed by atoms with Crippen LogP contribution >= 0.6 is 23.2 Å². The molecule has 0 spiro atoms. The standard InChI is InChI=1S/C13H6Cl2N4S/c14-9-5-10(15)12-13(19-20-18-12)11(9)17-8-3-1-2-7(4-8)6-16/h1-5,17H. The molecule has 0 fully saturated rings. The van der Waals surface area contributed by atoms with Gasteiger partial charge in [-0.1, -0.05) is 29.3 Å². The molecule has 0 bridgehead atoms. The fourth-order valence-corrected chi connectivity index (χ4v) is 2.96. The smallest absolute Gasteiger partial charge is 0.131 e. The Hall–Kier alpha value is -1.87. The van der Waals surface area contributed by atoms with E-state index in [2.05, 4.69) is 20.1 Å². The summed E-state index contributed by atoms with van der Waals surface area (Å²) in [6.45, 7) is 0. The number of nitrogens with one attached hydrogen (secondary N) is 1. The van der Waals surface area contributed by atoms with Crippen LogP contribution in [0.3, 0.4) is 0 Å². The van der Waals surface area contributed by atoms with Gasteiger partial charge in [-0.05, 0) is 24.3 Å². The van der Waals surface area contributed by atoms with Crippen molar-refractivity contribution in [3.8, 4) is 6.07 Å². The molecule has 0 aliphatic carbocycles. The lowest BCUT2D eigenvalue weighted by Crippen LogP contribution is -1.92. The highest BCUT2D eigenvalue weighted by molar-refractivity contribution is 7.58. The Kier molecular flexibility index (Phi) is 3.45. The quantitative estimate of drug-likeness (QED) is 0.693. The average Bonchev–Trinajstić information content (AvgIpc) is 2.93. The monoisotopic (exact) mass is 320 g/mol. The molecule has 2 aromatic carbocycles. The Balaban J connectivity index is 2.06. The van der Waals surface area contributed by atoms with Crippen LogP contribution in [0.5, 0.6) is 0 Å². The minimum absolute atomic E-state index is 0.456. The van der Waals surface area contributed by atoms with Crippen molar-refractivity contribution in [1.82, 2.24) is 0 Å². The second-order valence-corrected chi connectivity index (χ2v) is 5.34. The summed E-state index contributed by atoms with van der Waals surface area (Å²) in [5, 5.41) is 13.0. The van der Waals surface area contributed by atoms with Crippen LogP contribution in [0.15, 0.2) is 39.1 Å². The Bertz CT molecular complexity index is 820. The minimum Gasteiger partial charge on any atom is -0.352 e. The number of halogens is 2. The number of nitriles is 1. The van der Waals surface area contributed by atoms with Crippen LogP contribution in [0.4, 0.5) is 22.7 Å². The predicted molar refractivity (Wildman–Crippen MR) is 82.4 cm³/mol. The molecule has 1 aliphatic heterocycles. The van der Waals surface area contributed by atoms with E-state index in [9.17, 15) is 0 Å². The first-order valence-electron chi connectivity index (χ1n) is 5.56. The molecular formula is C13H6Cl2N4S. The fourth-order valence-electron chi connectivity index (χ4n) is 1.80. The van der Waals surface area contributed by atoms with Crippen LogP contribution in [-0.4, -0.2) is 0 Å². The number of fused-ring (bicyclic) bond motifs is 1. The maximum Gasteiger partial charge on any atom is 0.131 e. The van der Waals surface area contributed by atoms with Crippen molar-refractivity contribution in [2.45, 2.75) is 0 Å². The largest absolute Gasteiger partial charge is 0.352 e. The molecule has 0 saturated carbocycles. The molecule has 1 heterocycles. The first-order chi connectivity index (χ1) is 9.69. The van der Waals surface area contributed by atoms with Gasteiger partial charge in [0.2, 0.25) is 0 Å². The van der Waals surface area contributed by atoms with Gasteiger partial charge in [-0.2, -0.15) is 14.0 Å². The van der Waals surface area contributed by atoms with Crippen molar-refractivity contribution in [2.24, 2.45) is 8.73 Å². The number of nitrogens with zero attached hydrogens (tertiary/aromatic N) is 3. The molecule has 0 unspecified atom stereocenters. The molecule has 0 saturated heterocycles. The third kappa shape index (κ3) is 2.29. The molecule has 2 aromatic rings. The topological polar surface area (TPSA) is 60.5 Å². The molecule has 4 nitrogen and oxygen atoms in total. The van der Waals surface area contributed by atoms with Crippen molar-refractivity contribution in [3.05, 3.63) is 45.9 Å². The van der Waals surface area contributed by atoms with E-state index in [1.807, 2.05) is 6.07 Å². The second kappa shape index (κ2) is 5.25. The molecule has 7 heteroatoms. The van der Waals surface area contributed by atoms with Crippen molar-refractivity contribution in [2.75, 3.05) is 5.32 Å². The molecule has 0 radical (unpaired) electrons. The maximum atomic E-state index is 8.92. The Morgan fingerprint density at radius 2 is 1.90 bits per heavy atom. The molecule has 20 heavy (non-hydrogen) atoms. The highest BCUT2D eigenvalue weighted by Crippen LogP contribution is 2.48. The lowest BCUT2D eigenvalue weighted by atomic mass is 10.2. The maximum absolute atomic E-state index is 8.92. The van der Waals surface area contributed by atoms with Crippen molar-refractivity contribution in [3.63, 3.8) is 0 Å². The van der Waals surface area contributed by atoms with Crippen LogP contribution in [-0.2, 0) is 11.4 Å². The first-order valence-corrected chi connectivity index (χ1v) is 7.05. The van der Waals surface area contributed by atoms with Crippen LogP contribution in [0.25, 0.3) is 0 Å². The van der Waals surface area contributed by atoms with Crippen LogP contribution in [0.1, 0.15) is 5.56 Å². The number of anilines is 2. The lowest BCUT2D eigenvalue weighted by molar-refractivity contribution is 1.46. The van der Waals surface area contributed by atoms with Gasteiger partial charge in [-0.3, -0.25) is 0 Å². The number of hydrogen-bond acceptors (Lipinski definition) is 4. The first kappa shape index (κ1) is 13.1. The van der Waals surface area contributed by atoms with Crippen molar-refractivity contribution >= 4 is 57.3 Å². The van der Waals surface area contributed by atoms with Gasteiger partial charge in [0.1, 0.15) is 11.4 Å². The molecular weight excluding hydrogens is 315 g/mol. The Morgan fingerprint density at radius 1 is 1.10 bits per heavy atom. The minimum atomic E-state index is 0.456. The molecule has 3 rings (SSSR count). The van der Waals surface area contributed by atoms with Gasteiger partial charge >= 0.3 is 0 Å². The summed E-state index contributed by atoms with van der Waals surface area (Å²) in [6.07, 6.45) is 0. The zero-order valence-electron chi connectivity index (χ0n) is 9.89. The van der Waals surface area contributed by atoms with Crippen LogP contribution in [0.2, 0.25) is 10.0 Å². The van der Waals surface area contributed by atoms with Gasteiger partial charge in [-0.15, -0.1) is 0 Å². The number of benzene rings is 2. The molecule has 0 aromatic heterocycles. The highest BCUT2D eigenvalue weighted by Gasteiger charge is 2.18. The number of rotatable bonds is 2. The SMILES string of the molecule is N#Cc1cccc(Nc2c(Cl)cc(Cl)c3c2N=S=N3)c1. The van der Waals surface area contributed by atoms with E-state index in [1.165, 1.54) is 0 Å². The van der Waals surface area contributed by atoms with Gasteiger partial charge < -0.3 is 5.32 Å². The molecule has 0 atom stereocenters. The molecule has 98 valence electrons. The van der Waals surface area contributed by atoms with E-state index in [0.717, 1.165) is 17.0 Å².